The number of rotatable bonds is 2. The summed E-state index contributed by atoms with van der Waals surface area (Å²) in [5.74, 6) is -0.929. The maximum atomic E-state index is 13.5. The van der Waals surface area contributed by atoms with Crippen LogP contribution in [0.2, 0.25) is 0 Å². The van der Waals surface area contributed by atoms with Crippen LogP contribution in [0.5, 0.6) is 0 Å². The zero-order valence-corrected chi connectivity index (χ0v) is 16.8. The van der Waals surface area contributed by atoms with Crippen LogP contribution in [0.4, 0.5) is 5.69 Å². The van der Waals surface area contributed by atoms with Gasteiger partial charge in [0.2, 0.25) is 6.17 Å². The Morgan fingerprint density at radius 1 is 0.806 bits per heavy atom. The maximum absolute atomic E-state index is 13.5. The molecule has 4 rings (SSSR count). The fourth-order valence-corrected chi connectivity index (χ4v) is 3.92. The first-order valence-corrected chi connectivity index (χ1v) is 9.70. The first kappa shape index (κ1) is 19.9. The highest BCUT2D eigenvalue weighted by molar-refractivity contribution is 6.09. The topological polar surface area (TPSA) is 88.2 Å². The molecule has 0 bridgehead atoms. The molecule has 0 saturated carbocycles. The molecule has 6 heteroatoms. The zero-order valence-electron chi connectivity index (χ0n) is 16.8. The van der Waals surface area contributed by atoms with E-state index < -0.39 is 23.5 Å². The van der Waals surface area contributed by atoms with Crippen LogP contribution in [-0.4, -0.2) is 22.9 Å². The summed E-state index contributed by atoms with van der Waals surface area (Å²) in [5, 5.41) is 20.3. The fraction of sp³-hybridized carbons (Fsp3) is 0.120. The molecule has 3 aromatic rings. The van der Waals surface area contributed by atoms with Crippen molar-refractivity contribution in [2.75, 3.05) is 4.90 Å². The van der Waals surface area contributed by atoms with E-state index >= 15 is 0 Å². The molecule has 3 aromatic carbocycles. The summed E-state index contributed by atoms with van der Waals surface area (Å²) in [6.45, 7) is 1.60. The van der Waals surface area contributed by atoms with Gasteiger partial charge in [-0.15, -0.1) is 0 Å². The molecule has 31 heavy (non-hydrogen) atoms. The Hall–Kier alpha value is -4.42. The van der Waals surface area contributed by atoms with Crippen LogP contribution in [-0.2, 0) is 5.54 Å². The number of anilines is 1. The van der Waals surface area contributed by atoms with Gasteiger partial charge in [0.15, 0.2) is 5.54 Å². The molecule has 0 aromatic heterocycles. The van der Waals surface area contributed by atoms with E-state index in [2.05, 4.69) is 12.1 Å². The quantitative estimate of drug-likeness (QED) is 0.642. The molecule has 1 aliphatic rings. The van der Waals surface area contributed by atoms with Gasteiger partial charge in [-0.3, -0.25) is 19.4 Å². The van der Waals surface area contributed by atoms with E-state index in [0.29, 0.717) is 22.4 Å². The Labute approximate surface area is 180 Å². The highest BCUT2D eigenvalue weighted by atomic mass is 16.2. The monoisotopic (exact) mass is 406 g/mol. The molecule has 0 radical (unpaired) electrons. The molecule has 6 nitrogen and oxygen atoms in total. The zero-order chi connectivity index (χ0) is 22.0. The van der Waals surface area contributed by atoms with E-state index in [4.69, 9.17) is 0 Å². The predicted molar refractivity (Wildman–Crippen MR) is 115 cm³/mol. The lowest BCUT2D eigenvalue weighted by Gasteiger charge is -2.48. The van der Waals surface area contributed by atoms with Crippen LogP contribution < -0.4 is 4.90 Å². The van der Waals surface area contributed by atoms with Crippen molar-refractivity contribution in [2.45, 2.75) is 18.6 Å². The fourth-order valence-electron chi connectivity index (χ4n) is 3.92. The Morgan fingerprint density at radius 2 is 1.32 bits per heavy atom. The minimum absolute atomic E-state index is 0.329. The van der Waals surface area contributed by atoms with Crippen LogP contribution >= 0.6 is 0 Å². The van der Waals surface area contributed by atoms with Gasteiger partial charge < -0.3 is 0 Å². The molecule has 0 N–H and O–H groups in total. The number of benzene rings is 3. The number of fused-ring (bicyclic) bond motifs is 1. The number of hydrogen-bond donors (Lipinski definition) is 0. The third-order valence-electron chi connectivity index (χ3n) is 5.47. The smallest absolute Gasteiger partial charge is 0.260 e. The number of amides is 2. The molecule has 2 atom stereocenters. The van der Waals surface area contributed by atoms with Crippen molar-refractivity contribution in [3.8, 4) is 12.1 Å². The molecule has 1 aliphatic heterocycles. The number of hydrogen-bond acceptors (Lipinski definition) is 4. The Kier molecular flexibility index (Phi) is 4.99. The van der Waals surface area contributed by atoms with Crippen LogP contribution in [0, 0.1) is 22.7 Å². The predicted octanol–water partition coefficient (Wildman–Crippen LogP) is 4.08. The van der Waals surface area contributed by atoms with Crippen LogP contribution in [0.25, 0.3) is 0 Å². The summed E-state index contributed by atoms with van der Waals surface area (Å²) in [6, 6.07) is 28.2. The van der Waals surface area contributed by atoms with Crippen LogP contribution in [0.1, 0.15) is 33.2 Å². The Bertz CT molecular complexity index is 1230. The van der Waals surface area contributed by atoms with Gasteiger partial charge in [-0.05, 0) is 37.3 Å². The van der Waals surface area contributed by atoms with Gasteiger partial charge in [-0.25, -0.2) is 0 Å². The summed E-state index contributed by atoms with van der Waals surface area (Å²) in [5.41, 5.74) is 0.180. The molecule has 0 fully saturated rings. The van der Waals surface area contributed by atoms with E-state index in [1.165, 1.54) is 9.80 Å². The molecule has 2 unspecified atom stereocenters. The highest BCUT2D eigenvalue weighted by Crippen LogP contribution is 2.43. The van der Waals surface area contributed by atoms with E-state index in [1.54, 1.807) is 91.9 Å². The molecular formula is C25H18N4O2. The highest BCUT2D eigenvalue weighted by Gasteiger charge is 2.51. The summed E-state index contributed by atoms with van der Waals surface area (Å²) >= 11 is 0. The normalized spacial score (nSPS) is 19.6. The van der Waals surface area contributed by atoms with E-state index in [0.717, 1.165) is 0 Å². The van der Waals surface area contributed by atoms with Crippen molar-refractivity contribution in [1.29, 1.82) is 10.5 Å². The molecular weight excluding hydrogens is 388 g/mol. The van der Waals surface area contributed by atoms with Gasteiger partial charge >= 0.3 is 0 Å². The standard InChI is InChI=1S/C25H18N4O2/c1-25(17-27)20-14-8-9-15-21(20)28(23(30)18-10-4-2-5-11-18)22(16-26)29(25)24(31)19-12-6-3-7-13-19/h2-15,22H,1H3. The second-order valence-corrected chi connectivity index (χ2v) is 7.29. The summed E-state index contributed by atoms with van der Waals surface area (Å²) in [6.07, 6.45) is -1.31. The minimum Gasteiger partial charge on any atom is -0.282 e. The van der Waals surface area contributed by atoms with Crippen molar-refractivity contribution in [2.24, 2.45) is 0 Å². The third-order valence-corrected chi connectivity index (χ3v) is 5.47. The second kappa shape index (κ2) is 7.78. The number of para-hydroxylation sites is 1. The summed E-state index contributed by atoms with van der Waals surface area (Å²) in [7, 11) is 0. The van der Waals surface area contributed by atoms with E-state index in [1.807, 2.05) is 0 Å². The van der Waals surface area contributed by atoms with E-state index in [-0.39, 0.29) is 0 Å². The van der Waals surface area contributed by atoms with Gasteiger partial charge in [0, 0.05) is 16.7 Å². The second-order valence-electron chi connectivity index (χ2n) is 7.29. The van der Waals surface area contributed by atoms with Crippen molar-refractivity contribution in [3.63, 3.8) is 0 Å². The summed E-state index contributed by atoms with van der Waals surface area (Å²) in [4.78, 5) is 29.5. The number of carbonyl (C=O) groups excluding carboxylic acids is 2. The summed E-state index contributed by atoms with van der Waals surface area (Å²) < 4.78 is 0. The van der Waals surface area contributed by atoms with Gasteiger partial charge in [-0.2, -0.15) is 10.5 Å². The number of nitrogens with zero attached hydrogens (tertiary/aromatic N) is 4. The van der Waals surface area contributed by atoms with Gasteiger partial charge in [0.05, 0.1) is 11.8 Å². The first-order valence-electron chi connectivity index (χ1n) is 9.70. The average Bonchev–Trinajstić information content (AvgIpc) is 2.84. The van der Waals surface area contributed by atoms with Crippen LogP contribution in [0.3, 0.4) is 0 Å². The maximum Gasteiger partial charge on any atom is 0.260 e. The molecule has 2 amide bonds. The molecule has 0 spiro atoms. The minimum atomic E-state index is -1.45. The molecule has 0 aliphatic carbocycles. The first-order chi connectivity index (χ1) is 15.0. The Morgan fingerprint density at radius 3 is 1.87 bits per heavy atom. The average molecular weight is 406 g/mol. The van der Waals surface area contributed by atoms with Crippen molar-refractivity contribution >= 4 is 17.5 Å². The lowest BCUT2D eigenvalue weighted by atomic mass is 9.85. The molecule has 0 saturated heterocycles. The molecule has 1 heterocycles. The Balaban J connectivity index is 1.96. The van der Waals surface area contributed by atoms with Gasteiger partial charge in [0.25, 0.3) is 11.8 Å². The number of carbonyl (C=O) groups is 2. The third kappa shape index (κ3) is 3.11. The lowest BCUT2D eigenvalue weighted by Crippen LogP contribution is -2.63. The van der Waals surface area contributed by atoms with E-state index in [9.17, 15) is 20.1 Å². The van der Waals surface area contributed by atoms with Gasteiger partial charge in [-0.1, -0.05) is 54.6 Å². The molecule has 150 valence electrons. The van der Waals surface area contributed by atoms with Crippen molar-refractivity contribution < 1.29 is 9.59 Å². The van der Waals surface area contributed by atoms with Gasteiger partial charge in [0.1, 0.15) is 6.07 Å². The lowest BCUT2D eigenvalue weighted by molar-refractivity contribution is 0.0496. The van der Waals surface area contributed by atoms with Crippen molar-refractivity contribution in [1.82, 2.24) is 4.90 Å². The van der Waals surface area contributed by atoms with Crippen molar-refractivity contribution in [3.05, 3.63) is 102 Å². The number of nitriles is 2. The largest absolute Gasteiger partial charge is 0.282 e. The SMILES string of the molecule is CC1(C#N)c2ccccc2N(C(=O)c2ccccc2)C(C#N)N1C(=O)c1ccccc1. The van der Waals surface area contributed by atoms with Crippen LogP contribution in [0.15, 0.2) is 84.9 Å².